The summed E-state index contributed by atoms with van der Waals surface area (Å²) in [5.41, 5.74) is 4.01. The van der Waals surface area contributed by atoms with Gasteiger partial charge < -0.3 is 8.37 Å². The van der Waals surface area contributed by atoms with Crippen molar-refractivity contribution < 1.29 is 16.8 Å². The number of benzene rings is 4. The second-order valence-electron chi connectivity index (χ2n) is 6.36. The van der Waals surface area contributed by atoms with Crippen molar-refractivity contribution in [1.82, 2.24) is 0 Å². The molecular formula is C24H18O4S. The molecule has 4 aromatic carbocycles. The molecule has 0 unspecified atom stereocenters. The van der Waals surface area contributed by atoms with Crippen LogP contribution in [0.15, 0.2) is 109 Å². The zero-order valence-corrected chi connectivity index (χ0v) is 16.3. The SMILES string of the molecule is O=S(=O)(Oc1ccc(-c2ccccc2)cc1)Oc1ccc(-c2ccccc2)cc1. The van der Waals surface area contributed by atoms with Crippen LogP contribution in [-0.2, 0) is 10.4 Å². The molecule has 0 heterocycles. The third-order valence-corrected chi connectivity index (χ3v) is 5.11. The molecule has 4 aromatic rings. The standard InChI is InChI=1S/C24H18O4S/c25-29(26,27-23-15-11-21(12-16-23)19-7-3-1-4-8-19)28-24-17-13-22(14-18-24)20-9-5-2-6-10-20/h1-18H. The van der Waals surface area contributed by atoms with Crippen LogP contribution < -0.4 is 8.37 Å². The molecule has 0 amide bonds. The van der Waals surface area contributed by atoms with Gasteiger partial charge in [-0.25, -0.2) is 0 Å². The van der Waals surface area contributed by atoms with E-state index in [0.717, 1.165) is 22.3 Å². The van der Waals surface area contributed by atoms with Crippen LogP contribution in [0.3, 0.4) is 0 Å². The minimum absolute atomic E-state index is 0.186. The van der Waals surface area contributed by atoms with Gasteiger partial charge in [-0.2, -0.15) is 0 Å². The molecule has 0 bridgehead atoms. The normalized spacial score (nSPS) is 11.0. The summed E-state index contributed by atoms with van der Waals surface area (Å²) in [7, 11) is -4.24. The molecule has 0 atom stereocenters. The first-order valence-corrected chi connectivity index (χ1v) is 10.4. The van der Waals surface area contributed by atoms with Gasteiger partial charge in [-0.15, -0.1) is 8.42 Å². The monoisotopic (exact) mass is 402 g/mol. The van der Waals surface area contributed by atoms with Gasteiger partial charge >= 0.3 is 10.4 Å². The fourth-order valence-corrected chi connectivity index (χ4v) is 3.65. The third kappa shape index (κ3) is 4.83. The van der Waals surface area contributed by atoms with Crippen molar-refractivity contribution in [2.45, 2.75) is 0 Å². The van der Waals surface area contributed by atoms with Gasteiger partial charge in [0, 0.05) is 0 Å². The first-order chi connectivity index (χ1) is 14.1. The van der Waals surface area contributed by atoms with E-state index in [0.29, 0.717) is 0 Å². The quantitative estimate of drug-likeness (QED) is 0.414. The molecule has 4 nitrogen and oxygen atoms in total. The molecule has 5 heteroatoms. The summed E-state index contributed by atoms with van der Waals surface area (Å²) in [6.07, 6.45) is 0. The van der Waals surface area contributed by atoms with Gasteiger partial charge in [-0.3, -0.25) is 0 Å². The number of hydrogen-bond donors (Lipinski definition) is 0. The number of hydrogen-bond acceptors (Lipinski definition) is 4. The van der Waals surface area contributed by atoms with E-state index in [1.165, 1.54) is 0 Å². The van der Waals surface area contributed by atoms with Crippen LogP contribution in [0.25, 0.3) is 22.3 Å². The molecule has 4 rings (SSSR count). The van der Waals surface area contributed by atoms with Crippen LogP contribution in [0.2, 0.25) is 0 Å². The van der Waals surface area contributed by atoms with Crippen LogP contribution in [0.4, 0.5) is 0 Å². The Kier molecular flexibility index (Phi) is 5.31. The van der Waals surface area contributed by atoms with Crippen molar-refractivity contribution in [3.05, 3.63) is 109 Å². The Balaban J connectivity index is 1.44. The van der Waals surface area contributed by atoms with E-state index in [2.05, 4.69) is 0 Å². The van der Waals surface area contributed by atoms with Gasteiger partial charge in [-0.05, 0) is 46.5 Å². The Hall–Kier alpha value is -3.57. The molecule has 0 saturated heterocycles. The molecule has 29 heavy (non-hydrogen) atoms. The lowest BCUT2D eigenvalue weighted by Crippen LogP contribution is -2.16. The van der Waals surface area contributed by atoms with Crippen LogP contribution in [0.1, 0.15) is 0 Å². The smallest absolute Gasteiger partial charge is 0.353 e. The highest BCUT2D eigenvalue weighted by Crippen LogP contribution is 2.25. The Bertz CT molecular complexity index is 1080. The van der Waals surface area contributed by atoms with Crippen molar-refractivity contribution in [2.24, 2.45) is 0 Å². The van der Waals surface area contributed by atoms with Crippen molar-refractivity contribution in [3.63, 3.8) is 0 Å². The van der Waals surface area contributed by atoms with Crippen LogP contribution in [0, 0.1) is 0 Å². The molecule has 0 fully saturated rings. The van der Waals surface area contributed by atoms with E-state index in [-0.39, 0.29) is 11.5 Å². The zero-order valence-electron chi connectivity index (χ0n) is 15.4. The Morgan fingerprint density at radius 1 is 0.414 bits per heavy atom. The highest BCUT2D eigenvalue weighted by atomic mass is 32.3. The van der Waals surface area contributed by atoms with E-state index in [1.54, 1.807) is 48.5 Å². The molecule has 0 aromatic heterocycles. The summed E-state index contributed by atoms with van der Waals surface area (Å²) < 4.78 is 34.6. The van der Waals surface area contributed by atoms with Gasteiger partial charge in [0.05, 0.1) is 0 Å². The molecule has 0 aliphatic heterocycles. The summed E-state index contributed by atoms with van der Waals surface area (Å²) in [5.74, 6) is 0.371. The summed E-state index contributed by atoms with van der Waals surface area (Å²) in [6, 6.07) is 33.2. The maximum absolute atomic E-state index is 12.2. The largest absolute Gasteiger partial charge is 0.500 e. The molecule has 0 aliphatic carbocycles. The predicted octanol–water partition coefficient (Wildman–Crippen LogP) is 5.72. The van der Waals surface area contributed by atoms with Gasteiger partial charge in [0.1, 0.15) is 11.5 Å². The highest BCUT2D eigenvalue weighted by molar-refractivity contribution is 7.82. The summed E-state index contributed by atoms with van der Waals surface area (Å²) in [5, 5.41) is 0. The predicted molar refractivity (Wildman–Crippen MR) is 114 cm³/mol. The first kappa shape index (κ1) is 18.8. The average Bonchev–Trinajstić information content (AvgIpc) is 2.75. The average molecular weight is 402 g/mol. The maximum atomic E-state index is 12.2. The van der Waals surface area contributed by atoms with Crippen molar-refractivity contribution in [3.8, 4) is 33.8 Å². The number of rotatable bonds is 6. The van der Waals surface area contributed by atoms with Gasteiger partial charge in [0.15, 0.2) is 0 Å². The lowest BCUT2D eigenvalue weighted by molar-refractivity contribution is 0.392. The van der Waals surface area contributed by atoms with Gasteiger partial charge in [0.2, 0.25) is 0 Å². The topological polar surface area (TPSA) is 52.6 Å². The summed E-state index contributed by atoms with van der Waals surface area (Å²) in [6.45, 7) is 0. The molecule has 0 spiro atoms. The van der Waals surface area contributed by atoms with Crippen LogP contribution in [-0.4, -0.2) is 8.42 Å². The summed E-state index contributed by atoms with van der Waals surface area (Å²) >= 11 is 0. The zero-order chi connectivity index (χ0) is 20.1. The lowest BCUT2D eigenvalue weighted by atomic mass is 10.1. The Morgan fingerprint density at radius 3 is 1.07 bits per heavy atom. The molecule has 0 saturated carbocycles. The van der Waals surface area contributed by atoms with Crippen molar-refractivity contribution in [1.29, 1.82) is 0 Å². The Morgan fingerprint density at radius 2 is 0.724 bits per heavy atom. The van der Waals surface area contributed by atoms with E-state index < -0.39 is 10.4 Å². The fraction of sp³-hybridized carbons (Fsp3) is 0. The lowest BCUT2D eigenvalue weighted by Gasteiger charge is -2.09. The van der Waals surface area contributed by atoms with Gasteiger partial charge in [-0.1, -0.05) is 84.9 Å². The van der Waals surface area contributed by atoms with E-state index >= 15 is 0 Å². The van der Waals surface area contributed by atoms with E-state index in [9.17, 15) is 8.42 Å². The Labute approximate surface area is 170 Å². The molecule has 144 valence electrons. The third-order valence-electron chi connectivity index (χ3n) is 4.32. The minimum Gasteiger partial charge on any atom is -0.353 e. The van der Waals surface area contributed by atoms with Crippen molar-refractivity contribution in [2.75, 3.05) is 0 Å². The minimum atomic E-state index is -4.24. The van der Waals surface area contributed by atoms with E-state index in [1.807, 2.05) is 60.7 Å². The summed E-state index contributed by atoms with van der Waals surface area (Å²) in [4.78, 5) is 0. The van der Waals surface area contributed by atoms with E-state index in [4.69, 9.17) is 8.37 Å². The maximum Gasteiger partial charge on any atom is 0.500 e. The van der Waals surface area contributed by atoms with Crippen LogP contribution >= 0.6 is 0 Å². The molecule has 0 aliphatic rings. The molecular weight excluding hydrogens is 384 g/mol. The second-order valence-corrected chi connectivity index (χ2v) is 7.51. The fourth-order valence-electron chi connectivity index (χ4n) is 2.92. The van der Waals surface area contributed by atoms with Crippen molar-refractivity contribution >= 4 is 10.4 Å². The molecule has 0 N–H and O–H groups in total. The highest BCUT2D eigenvalue weighted by Gasteiger charge is 2.16. The second kappa shape index (κ2) is 8.20. The molecule has 0 radical (unpaired) electrons. The first-order valence-electron chi connectivity index (χ1n) is 9.04. The van der Waals surface area contributed by atoms with Crippen LogP contribution in [0.5, 0.6) is 11.5 Å². The van der Waals surface area contributed by atoms with Gasteiger partial charge in [0.25, 0.3) is 0 Å².